The molecule has 1 atom stereocenters. The number of oxime groups is 1. The highest BCUT2D eigenvalue weighted by atomic mass is 16.4. The second-order valence-corrected chi connectivity index (χ2v) is 7.63. The molecule has 120 valence electrons. The lowest BCUT2D eigenvalue weighted by Crippen LogP contribution is -2.47. The van der Waals surface area contributed by atoms with Crippen LogP contribution in [0.25, 0.3) is 0 Å². The van der Waals surface area contributed by atoms with Gasteiger partial charge in [-0.1, -0.05) is 25.9 Å². The lowest BCUT2D eigenvalue weighted by molar-refractivity contribution is -0.137. The third-order valence-electron chi connectivity index (χ3n) is 5.29. The number of rotatable bonds is 2. The first-order chi connectivity index (χ1) is 9.84. The number of likely N-dealkylation sites (tertiary alicyclic amines) is 1. The number of carbonyl (C=O) groups excluding carboxylic acids is 1. The van der Waals surface area contributed by atoms with E-state index in [0.717, 1.165) is 45.1 Å². The average molecular weight is 295 g/mol. The first-order valence-corrected chi connectivity index (χ1v) is 8.12. The largest absolute Gasteiger partial charge is 0.409 e. The van der Waals surface area contributed by atoms with Gasteiger partial charge in [-0.05, 0) is 49.9 Å². The highest BCUT2D eigenvalue weighted by Gasteiger charge is 2.38. The van der Waals surface area contributed by atoms with Gasteiger partial charge in [0.25, 0.3) is 0 Å². The fourth-order valence-corrected chi connectivity index (χ4v) is 3.85. The van der Waals surface area contributed by atoms with Crippen molar-refractivity contribution in [3.05, 3.63) is 0 Å². The van der Waals surface area contributed by atoms with Crippen molar-refractivity contribution in [2.45, 2.75) is 65.3 Å². The Kier molecular flexibility index (Phi) is 4.79. The van der Waals surface area contributed by atoms with E-state index in [1.165, 1.54) is 0 Å². The van der Waals surface area contributed by atoms with Crippen LogP contribution in [0.15, 0.2) is 5.16 Å². The summed E-state index contributed by atoms with van der Waals surface area (Å²) >= 11 is 0. The topological polar surface area (TPSA) is 78.9 Å². The summed E-state index contributed by atoms with van der Waals surface area (Å²) in [6.45, 7) is 7.59. The van der Waals surface area contributed by atoms with Crippen LogP contribution in [0.4, 0.5) is 0 Å². The van der Waals surface area contributed by atoms with Crippen LogP contribution in [0.5, 0.6) is 0 Å². The van der Waals surface area contributed by atoms with Gasteiger partial charge in [0.2, 0.25) is 5.91 Å². The maximum absolute atomic E-state index is 12.7. The molecule has 0 aromatic heterocycles. The van der Waals surface area contributed by atoms with Crippen molar-refractivity contribution in [3.8, 4) is 0 Å². The first-order valence-electron chi connectivity index (χ1n) is 8.12. The summed E-state index contributed by atoms with van der Waals surface area (Å²) in [6.07, 6.45) is 5.94. The molecule has 1 saturated carbocycles. The Labute approximate surface area is 127 Å². The molecule has 0 spiro atoms. The molecule has 2 rings (SSSR count). The Morgan fingerprint density at radius 2 is 1.81 bits per heavy atom. The molecule has 1 aliphatic carbocycles. The van der Waals surface area contributed by atoms with E-state index in [9.17, 15) is 4.79 Å². The van der Waals surface area contributed by atoms with E-state index in [1.807, 2.05) is 4.90 Å². The van der Waals surface area contributed by atoms with Crippen LogP contribution >= 0.6 is 0 Å². The molecule has 0 radical (unpaired) electrons. The third-order valence-corrected chi connectivity index (χ3v) is 5.29. The van der Waals surface area contributed by atoms with Gasteiger partial charge < -0.3 is 15.8 Å². The molecule has 0 aromatic rings. The minimum absolute atomic E-state index is 0.121. The average Bonchev–Trinajstić information content (AvgIpc) is 2.94. The quantitative estimate of drug-likeness (QED) is 0.356. The molecular formula is C16H29N3O2. The van der Waals surface area contributed by atoms with Crippen LogP contribution in [0.1, 0.15) is 59.3 Å². The van der Waals surface area contributed by atoms with Crippen molar-refractivity contribution in [1.29, 1.82) is 0 Å². The molecule has 21 heavy (non-hydrogen) atoms. The molecule has 1 saturated heterocycles. The first kappa shape index (κ1) is 16.1. The van der Waals surface area contributed by atoms with Crippen LogP contribution in [0.3, 0.4) is 0 Å². The highest BCUT2D eigenvalue weighted by Crippen LogP contribution is 2.40. The number of carbonyl (C=O) groups is 1. The predicted octanol–water partition coefficient (Wildman–Crippen LogP) is 2.58. The molecule has 0 bridgehead atoms. The van der Waals surface area contributed by atoms with Crippen LogP contribution < -0.4 is 5.73 Å². The Hall–Kier alpha value is -1.26. The van der Waals surface area contributed by atoms with Gasteiger partial charge in [-0.15, -0.1) is 0 Å². The molecule has 0 aromatic carbocycles. The van der Waals surface area contributed by atoms with E-state index in [-0.39, 0.29) is 23.7 Å². The second kappa shape index (κ2) is 6.24. The van der Waals surface area contributed by atoms with E-state index in [4.69, 9.17) is 10.9 Å². The zero-order chi connectivity index (χ0) is 15.6. The summed E-state index contributed by atoms with van der Waals surface area (Å²) in [6, 6.07) is -0.206. The van der Waals surface area contributed by atoms with Crippen LogP contribution in [-0.4, -0.2) is 34.4 Å². The highest BCUT2D eigenvalue weighted by molar-refractivity contribution is 5.91. The molecule has 3 N–H and O–H groups in total. The Morgan fingerprint density at radius 3 is 2.33 bits per heavy atom. The van der Waals surface area contributed by atoms with Gasteiger partial charge in [0.15, 0.2) is 5.84 Å². The van der Waals surface area contributed by atoms with E-state index in [1.54, 1.807) is 0 Å². The molecule has 1 amide bonds. The monoisotopic (exact) mass is 295 g/mol. The van der Waals surface area contributed by atoms with Crippen LogP contribution in [-0.2, 0) is 4.79 Å². The number of hydrogen-bond acceptors (Lipinski definition) is 3. The van der Waals surface area contributed by atoms with Gasteiger partial charge in [0, 0.05) is 12.5 Å². The summed E-state index contributed by atoms with van der Waals surface area (Å²) in [4.78, 5) is 14.6. The second-order valence-electron chi connectivity index (χ2n) is 7.63. The predicted molar refractivity (Wildman–Crippen MR) is 83.0 cm³/mol. The normalized spacial score (nSPS) is 31.5. The number of hydrogen-bond donors (Lipinski definition) is 2. The molecule has 5 heteroatoms. The minimum Gasteiger partial charge on any atom is -0.409 e. The van der Waals surface area contributed by atoms with Crippen molar-refractivity contribution in [3.63, 3.8) is 0 Å². The smallest absolute Gasteiger partial charge is 0.226 e. The van der Waals surface area contributed by atoms with Crippen molar-refractivity contribution < 1.29 is 10.0 Å². The van der Waals surface area contributed by atoms with Gasteiger partial charge in [-0.3, -0.25) is 4.79 Å². The Bertz CT molecular complexity index is 406. The summed E-state index contributed by atoms with van der Waals surface area (Å²) in [5.41, 5.74) is 6.05. The minimum atomic E-state index is -0.206. The van der Waals surface area contributed by atoms with Crippen molar-refractivity contribution in [2.24, 2.45) is 28.1 Å². The number of nitrogens with two attached hydrogens (primary N) is 1. The molecule has 1 heterocycles. The number of nitrogens with zero attached hydrogens (tertiary/aromatic N) is 2. The Balaban J connectivity index is 1.96. The van der Waals surface area contributed by atoms with Crippen molar-refractivity contribution in [2.75, 3.05) is 6.54 Å². The summed E-state index contributed by atoms with van der Waals surface area (Å²) in [5.74, 6) is 1.20. The van der Waals surface area contributed by atoms with Crippen molar-refractivity contribution >= 4 is 11.7 Å². The number of amides is 1. The zero-order valence-corrected chi connectivity index (χ0v) is 13.5. The summed E-state index contributed by atoms with van der Waals surface area (Å²) < 4.78 is 0. The third kappa shape index (κ3) is 3.50. The van der Waals surface area contributed by atoms with Gasteiger partial charge in [0.05, 0.1) is 6.04 Å². The van der Waals surface area contributed by atoms with Gasteiger partial charge in [-0.2, -0.15) is 0 Å². The van der Waals surface area contributed by atoms with E-state index in [0.29, 0.717) is 11.3 Å². The molecule has 1 unspecified atom stereocenters. The maximum atomic E-state index is 12.7. The zero-order valence-electron chi connectivity index (χ0n) is 13.5. The van der Waals surface area contributed by atoms with Gasteiger partial charge in [0.1, 0.15) is 0 Å². The fourth-order valence-electron chi connectivity index (χ4n) is 3.85. The SMILES string of the molecule is CC(C)(C)C1CCC(C(=O)N2CCCC2C(N)=NO)CC1. The molecule has 1 aliphatic heterocycles. The van der Waals surface area contributed by atoms with Gasteiger partial charge in [-0.25, -0.2) is 0 Å². The van der Waals surface area contributed by atoms with E-state index in [2.05, 4.69) is 25.9 Å². The van der Waals surface area contributed by atoms with E-state index >= 15 is 0 Å². The fraction of sp³-hybridized carbons (Fsp3) is 0.875. The maximum Gasteiger partial charge on any atom is 0.226 e. The van der Waals surface area contributed by atoms with Crippen molar-refractivity contribution in [1.82, 2.24) is 4.90 Å². The Morgan fingerprint density at radius 1 is 1.19 bits per heavy atom. The molecule has 2 fully saturated rings. The lowest BCUT2D eigenvalue weighted by Gasteiger charge is -2.38. The lowest BCUT2D eigenvalue weighted by atomic mass is 9.69. The number of amidine groups is 1. The molecule has 5 nitrogen and oxygen atoms in total. The van der Waals surface area contributed by atoms with Gasteiger partial charge >= 0.3 is 0 Å². The molecular weight excluding hydrogens is 266 g/mol. The van der Waals surface area contributed by atoms with E-state index < -0.39 is 0 Å². The molecule has 2 aliphatic rings. The van der Waals surface area contributed by atoms with Crippen LogP contribution in [0.2, 0.25) is 0 Å². The van der Waals surface area contributed by atoms with Crippen LogP contribution in [0, 0.1) is 17.3 Å². The summed E-state index contributed by atoms with van der Waals surface area (Å²) in [7, 11) is 0. The summed E-state index contributed by atoms with van der Waals surface area (Å²) in [5, 5.41) is 11.9. The standard InChI is InChI=1S/C16H29N3O2/c1-16(2,3)12-8-6-11(7-9-12)15(20)19-10-4-5-13(19)14(17)18-21/h11-13,21H,4-10H2,1-3H3,(H2,17,18).